The van der Waals surface area contributed by atoms with Crippen molar-refractivity contribution >= 4 is 0 Å². The summed E-state index contributed by atoms with van der Waals surface area (Å²) in [6, 6.07) is 10.5. The standard InChI is InChI=1S/C14H15FN2/c1-2-17-14(11-6-5-9-16-10-11)12-7-3-4-8-13(12)15/h3-10,14,17H,2H2,1H3. The fourth-order valence-electron chi connectivity index (χ4n) is 1.87. The first-order valence-corrected chi connectivity index (χ1v) is 5.70. The lowest BCUT2D eigenvalue weighted by Crippen LogP contribution is -2.23. The van der Waals surface area contributed by atoms with Crippen molar-refractivity contribution in [3.63, 3.8) is 0 Å². The van der Waals surface area contributed by atoms with E-state index < -0.39 is 0 Å². The van der Waals surface area contributed by atoms with Crippen LogP contribution in [-0.4, -0.2) is 11.5 Å². The molecule has 1 heterocycles. The first kappa shape index (κ1) is 11.7. The maximum Gasteiger partial charge on any atom is 0.128 e. The molecular weight excluding hydrogens is 215 g/mol. The van der Waals surface area contributed by atoms with Crippen molar-refractivity contribution in [1.29, 1.82) is 0 Å². The van der Waals surface area contributed by atoms with Crippen molar-refractivity contribution in [2.45, 2.75) is 13.0 Å². The van der Waals surface area contributed by atoms with Crippen LogP contribution in [0.15, 0.2) is 48.8 Å². The number of aromatic nitrogens is 1. The molecule has 2 aromatic rings. The number of rotatable bonds is 4. The number of hydrogen-bond acceptors (Lipinski definition) is 2. The van der Waals surface area contributed by atoms with Gasteiger partial charge in [0.25, 0.3) is 0 Å². The summed E-state index contributed by atoms with van der Waals surface area (Å²) in [5, 5.41) is 3.28. The van der Waals surface area contributed by atoms with Crippen LogP contribution >= 0.6 is 0 Å². The quantitative estimate of drug-likeness (QED) is 0.873. The average molecular weight is 230 g/mol. The molecule has 88 valence electrons. The van der Waals surface area contributed by atoms with Crippen LogP contribution in [0.4, 0.5) is 4.39 Å². The van der Waals surface area contributed by atoms with E-state index in [0.717, 1.165) is 12.1 Å². The Labute approximate surface area is 101 Å². The normalized spacial score (nSPS) is 12.4. The van der Waals surface area contributed by atoms with E-state index in [9.17, 15) is 4.39 Å². The molecule has 17 heavy (non-hydrogen) atoms. The van der Waals surface area contributed by atoms with Gasteiger partial charge >= 0.3 is 0 Å². The average Bonchev–Trinajstić information content (AvgIpc) is 2.38. The Morgan fingerprint density at radius 2 is 2.06 bits per heavy atom. The maximum atomic E-state index is 13.8. The zero-order chi connectivity index (χ0) is 12.1. The zero-order valence-corrected chi connectivity index (χ0v) is 9.73. The summed E-state index contributed by atoms with van der Waals surface area (Å²) in [6.45, 7) is 2.78. The van der Waals surface area contributed by atoms with E-state index >= 15 is 0 Å². The predicted molar refractivity (Wildman–Crippen MR) is 66.2 cm³/mol. The van der Waals surface area contributed by atoms with Crippen molar-refractivity contribution in [1.82, 2.24) is 10.3 Å². The molecule has 0 aliphatic heterocycles. The molecule has 1 aromatic heterocycles. The largest absolute Gasteiger partial charge is 0.306 e. The lowest BCUT2D eigenvalue weighted by molar-refractivity contribution is 0.558. The highest BCUT2D eigenvalue weighted by atomic mass is 19.1. The Kier molecular flexibility index (Phi) is 3.83. The monoisotopic (exact) mass is 230 g/mol. The smallest absolute Gasteiger partial charge is 0.128 e. The first-order chi connectivity index (χ1) is 8.33. The Morgan fingerprint density at radius 1 is 1.24 bits per heavy atom. The molecular formula is C14H15FN2. The minimum absolute atomic E-state index is 0.144. The Hall–Kier alpha value is -1.74. The molecule has 2 nitrogen and oxygen atoms in total. The second-order valence-corrected chi connectivity index (χ2v) is 3.80. The van der Waals surface area contributed by atoms with Gasteiger partial charge in [0.1, 0.15) is 5.82 Å². The van der Waals surface area contributed by atoms with Crippen molar-refractivity contribution < 1.29 is 4.39 Å². The van der Waals surface area contributed by atoms with Gasteiger partial charge in [-0.3, -0.25) is 4.98 Å². The maximum absolute atomic E-state index is 13.8. The first-order valence-electron chi connectivity index (χ1n) is 5.70. The summed E-state index contributed by atoms with van der Waals surface area (Å²) in [5.41, 5.74) is 1.63. The van der Waals surface area contributed by atoms with E-state index in [2.05, 4.69) is 10.3 Å². The second kappa shape index (κ2) is 5.55. The van der Waals surface area contributed by atoms with Crippen LogP contribution in [-0.2, 0) is 0 Å². The molecule has 1 atom stereocenters. The van der Waals surface area contributed by atoms with E-state index in [1.54, 1.807) is 24.5 Å². The van der Waals surface area contributed by atoms with Gasteiger partial charge in [0.05, 0.1) is 6.04 Å². The highest BCUT2D eigenvalue weighted by Crippen LogP contribution is 2.23. The molecule has 0 bridgehead atoms. The van der Waals surface area contributed by atoms with E-state index in [1.807, 2.05) is 25.1 Å². The number of nitrogens with zero attached hydrogens (tertiary/aromatic N) is 1. The minimum Gasteiger partial charge on any atom is -0.306 e. The number of halogens is 1. The topological polar surface area (TPSA) is 24.9 Å². The molecule has 1 unspecified atom stereocenters. The van der Waals surface area contributed by atoms with Crippen LogP contribution in [0.2, 0.25) is 0 Å². The molecule has 1 N–H and O–H groups in total. The molecule has 0 aliphatic rings. The molecule has 0 radical (unpaired) electrons. The fourth-order valence-corrected chi connectivity index (χ4v) is 1.87. The number of hydrogen-bond donors (Lipinski definition) is 1. The Morgan fingerprint density at radius 3 is 2.71 bits per heavy atom. The van der Waals surface area contributed by atoms with E-state index in [4.69, 9.17) is 0 Å². The van der Waals surface area contributed by atoms with Crippen molar-refractivity contribution in [3.8, 4) is 0 Å². The summed E-state index contributed by atoms with van der Waals surface area (Å²) in [5.74, 6) is -0.192. The molecule has 1 aromatic carbocycles. The third-order valence-corrected chi connectivity index (χ3v) is 2.64. The molecule has 0 fully saturated rings. The highest BCUT2D eigenvalue weighted by Gasteiger charge is 2.16. The van der Waals surface area contributed by atoms with Gasteiger partial charge in [0.15, 0.2) is 0 Å². The molecule has 0 spiro atoms. The van der Waals surface area contributed by atoms with E-state index in [1.165, 1.54) is 6.07 Å². The summed E-state index contributed by atoms with van der Waals surface area (Å²) in [7, 11) is 0. The van der Waals surface area contributed by atoms with Gasteiger partial charge < -0.3 is 5.32 Å². The lowest BCUT2D eigenvalue weighted by Gasteiger charge is -2.18. The van der Waals surface area contributed by atoms with Gasteiger partial charge in [-0.15, -0.1) is 0 Å². The van der Waals surface area contributed by atoms with Crippen molar-refractivity contribution in [2.75, 3.05) is 6.54 Å². The minimum atomic E-state index is -0.192. The second-order valence-electron chi connectivity index (χ2n) is 3.80. The molecule has 3 heteroatoms. The van der Waals surface area contributed by atoms with Gasteiger partial charge in [0.2, 0.25) is 0 Å². The van der Waals surface area contributed by atoms with Crippen LogP contribution < -0.4 is 5.32 Å². The third kappa shape index (κ3) is 2.68. The molecule has 0 amide bonds. The number of nitrogens with one attached hydrogen (secondary N) is 1. The van der Waals surface area contributed by atoms with Crippen LogP contribution in [0.3, 0.4) is 0 Å². The van der Waals surface area contributed by atoms with Gasteiger partial charge in [0, 0.05) is 18.0 Å². The van der Waals surface area contributed by atoms with Crippen LogP contribution in [0, 0.1) is 5.82 Å². The van der Waals surface area contributed by atoms with E-state index in [-0.39, 0.29) is 11.9 Å². The third-order valence-electron chi connectivity index (χ3n) is 2.64. The molecule has 0 aliphatic carbocycles. The summed E-state index contributed by atoms with van der Waals surface area (Å²) in [4.78, 5) is 4.08. The lowest BCUT2D eigenvalue weighted by atomic mass is 10.00. The van der Waals surface area contributed by atoms with Gasteiger partial charge in [-0.1, -0.05) is 31.2 Å². The number of pyridine rings is 1. The highest BCUT2D eigenvalue weighted by molar-refractivity contribution is 5.31. The summed E-state index contributed by atoms with van der Waals surface area (Å²) >= 11 is 0. The zero-order valence-electron chi connectivity index (χ0n) is 9.73. The molecule has 0 saturated carbocycles. The Balaban J connectivity index is 2.39. The van der Waals surface area contributed by atoms with Gasteiger partial charge in [-0.05, 0) is 24.2 Å². The molecule has 2 rings (SSSR count). The SMILES string of the molecule is CCNC(c1cccnc1)c1ccccc1F. The summed E-state index contributed by atoms with van der Waals surface area (Å²) < 4.78 is 13.8. The number of benzene rings is 1. The van der Waals surface area contributed by atoms with Crippen molar-refractivity contribution in [2.24, 2.45) is 0 Å². The van der Waals surface area contributed by atoms with Gasteiger partial charge in [-0.2, -0.15) is 0 Å². The van der Waals surface area contributed by atoms with Crippen LogP contribution in [0.25, 0.3) is 0 Å². The van der Waals surface area contributed by atoms with Crippen LogP contribution in [0.5, 0.6) is 0 Å². The molecule has 0 saturated heterocycles. The fraction of sp³-hybridized carbons (Fsp3) is 0.214. The van der Waals surface area contributed by atoms with E-state index in [0.29, 0.717) is 5.56 Å². The van der Waals surface area contributed by atoms with Gasteiger partial charge in [-0.25, -0.2) is 4.39 Å². The predicted octanol–water partition coefficient (Wildman–Crippen LogP) is 2.92. The van der Waals surface area contributed by atoms with Crippen LogP contribution in [0.1, 0.15) is 24.1 Å². The Bertz CT molecular complexity index is 471. The van der Waals surface area contributed by atoms with Crippen molar-refractivity contribution in [3.05, 3.63) is 65.7 Å². The summed E-state index contributed by atoms with van der Waals surface area (Å²) in [6.07, 6.45) is 3.48.